The van der Waals surface area contributed by atoms with Gasteiger partial charge in [-0.3, -0.25) is 9.59 Å². The molecule has 0 radical (unpaired) electrons. The highest BCUT2D eigenvalue weighted by molar-refractivity contribution is 6.33. The summed E-state index contributed by atoms with van der Waals surface area (Å²) in [7, 11) is 1.49. The summed E-state index contributed by atoms with van der Waals surface area (Å²) in [5.74, 6) is -0.787. The molecule has 0 bridgehead atoms. The largest absolute Gasteiger partial charge is 0.416 e. The summed E-state index contributed by atoms with van der Waals surface area (Å²) in [6, 6.07) is 8.64. The van der Waals surface area contributed by atoms with Gasteiger partial charge >= 0.3 is 6.18 Å². The maximum atomic E-state index is 12.5. The zero-order valence-corrected chi connectivity index (χ0v) is 14.3. The molecule has 0 saturated heterocycles. The first-order chi connectivity index (χ1) is 12.2. The van der Waals surface area contributed by atoms with E-state index >= 15 is 0 Å². The lowest BCUT2D eigenvalue weighted by Crippen LogP contribution is -2.22. The summed E-state index contributed by atoms with van der Waals surface area (Å²) < 4.78 is 37.5. The van der Waals surface area contributed by atoms with Crippen molar-refractivity contribution in [3.63, 3.8) is 0 Å². The first-order valence-electron chi connectivity index (χ1n) is 7.43. The van der Waals surface area contributed by atoms with Crippen molar-refractivity contribution in [1.29, 1.82) is 0 Å². The summed E-state index contributed by atoms with van der Waals surface area (Å²) in [6.07, 6.45) is -4.43. The number of benzene rings is 2. The van der Waals surface area contributed by atoms with Gasteiger partial charge in [0.05, 0.1) is 22.8 Å². The minimum absolute atomic E-state index is 0.183. The number of carbonyl (C=O) groups excluding carboxylic acids is 2. The number of anilines is 2. The van der Waals surface area contributed by atoms with Crippen molar-refractivity contribution in [2.75, 3.05) is 24.2 Å². The highest BCUT2D eigenvalue weighted by atomic mass is 35.5. The molecule has 2 aromatic carbocycles. The van der Waals surface area contributed by atoms with E-state index in [1.165, 1.54) is 37.4 Å². The third kappa shape index (κ3) is 5.13. The van der Waals surface area contributed by atoms with Crippen LogP contribution in [-0.4, -0.2) is 25.4 Å². The number of hydrogen-bond acceptors (Lipinski definition) is 3. The average Bonchev–Trinajstić information content (AvgIpc) is 2.60. The van der Waals surface area contributed by atoms with E-state index in [0.29, 0.717) is 16.3 Å². The number of amides is 2. The minimum atomic E-state index is -4.43. The number of halogens is 4. The molecule has 2 aromatic rings. The molecule has 26 heavy (non-hydrogen) atoms. The van der Waals surface area contributed by atoms with Crippen LogP contribution in [0.15, 0.2) is 42.5 Å². The molecule has 0 unspecified atom stereocenters. The molecule has 138 valence electrons. The lowest BCUT2D eigenvalue weighted by Gasteiger charge is -2.11. The smallest absolute Gasteiger partial charge is 0.375 e. The monoisotopic (exact) mass is 385 g/mol. The van der Waals surface area contributed by atoms with Gasteiger partial charge in [0.1, 0.15) is 0 Å². The van der Waals surface area contributed by atoms with Gasteiger partial charge in [0.25, 0.3) is 5.91 Å². The average molecular weight is 386 g/mol. The van der Waals surface area contributed by atoms with Gasteiger partial charge in [0, 0.05) is 18.3 Å². The van der Waals surface area contributed by atoms with E-state index in [4.69, 9.17) is 11.6 Å². The van der Waals surface area contributed by atoms with Crippen LogP contribution in [0.5, 0.6) is 0 Å². The maximum absolute atomic E-state index is 12.5. The number of carbonyl (C=O) groups is 2. The highest BCUT2D eigenvalue weighted by Gasteiger charge is 2.29. The quantitative estimate of drug-likeness (QED) is 0.733. The van der Waals surface area contributed by atoms with E-state index in [-0.39, 0.29) is 18.1 Å². The molecule has 9 heteroatoms. The number of hydrogen-bond donors (Lipinski definition) is 3. The van der Waals surface area contributed by atoms with Crippen molar-refractivity contribution in [3.8, 4) is 0 Å². The molecule has 0 aliphatic carbocycles. The van der Waals surface area contributed by atoms with Crippen LogP contribution in [0.3, 0.4) is 0 Å². The molecule has 0 heterocycles. The van der Waals surface area contributed by atoms with Crippen LogP contribution >= 0.6 is 11.6 Å². The van der Waals surface area contributed by atoms with E-state index < -0.39 is 17.6 Å². The van der Waals surface area contributed by atoms with Crippen molar-refractivity contribution >= 4 is 34.8 Å². The van der Waals surface area contributed by atoms with Crippen LogP contribution in [0.2, 0.25) is 5.02 Å². The number of alkyl halides is 3. The van der Waals surface area contributed by atoms with Crippen molar-refractivity contribution in [3.05, 3.63) is 58.6 Å². The van der Waals surface area contributed by atoms with Gasteiger partial charge in [-0.1, -0.05) is 11.6 Å². The molecule has 5 nitrogen and oxygen atoms in total. The lowest BCUT2D eigenvalue weighted by atomic mass is 10.2. The third-order valence-electron chi connectivity index (χ3n) is 3.39. The predicted molar refractivity (Wildman–Crippen MR) is 93.4 cm³/mol. The zero-order valence-electron chi connectivity index (χ0n) is 13.6. The Kier molecular flexibility index (Phi) is 6.10. The fourth-order valence-corrected chi connectivity index (χ4v) is 2.25. The standard InChI is InChI=1S/C17H15ClF3N3O2/c1-22-16(26)10-2-7-13(18)14(8-10)23-9-15(25)24-12-5-3-11(4-6-12)17(19,20)21/h2-8,23H,9H2,1H3,(H,22,26)(H,24,25). The van der Waals surface area contributed by atoms with E-state index in [2.05, 4.69) is 16.0 Å². The van der Waals surface area contributed by atoms with Crippen LogP contribution < -0.4 is 16.0 Å². The fraction of sp³-hybridized carbons (Fsp3) is 0.176. The number of rotatable bonds is 5. The lowest BCUT2D eigenvalue weighted by molar-refractivity contribution is -0.137. The molecule has 0 aliphatic rings. The van der Waals surface area contributed by atoms with Crippen molar-refractivity contribution in [1.82, 2.24) is 5.32 Å². The van der Waals surface area contributed by atoms with Gasteiger partial charge in [-0.15, -0.1) is 0 Å². The van der Waals surface area contributed by atoms with E-state index in [1.54, 1.807) is 0 Å². The Labute approximate surface area is 152 Å². The first kappa shape index (κ1) is 19.6. The van der Waals surface area contributed by atoms with E-state index in [0.717, 1.165) is 12.1 Å². The molecule has 0 spiro atoms. The van der Waals surface area contributed by atoms with Gasteiger partial charge in [-0.2, -0.15) is 13.2 Å². The Balaban J connectivity index is 1.98. The summed E-state index contributed by atoms with van der Waals surface area (Å²) in [5.41, 5.74) is 0.180. The second kappa shape index (κ2) is 8.09. The Bertz CT molecular complexity index is 808. The van der Waals surface area contributed by atoms with Crippen LogP contribution in [0.1, 0.15) is 15.9 Å². The highest BCUT2D eigenvalue weighted by Crippen LogP contribution is 2.29. The van der Waals surface area contributed by atoms with Crippen LogP contribution in [0, 0.1) is 0 Å². The Hall–Kier alpha value is -2.74. The summed E-state index contributed by atoms with van der Waals surface area (Å²) >= 11 is 6.02. The SMILES string of the molecule is CNC(=O)c1ccc(Cl)c(NCC(=O)Nc2ccc(C(F)(F)F)cc2)c1. The zero-order chi connectivity index (χ0) is 19.3. The van der Waals surface area contributed by atoms with Crippen molar-refractivity contribution < 1.29 is 22.8 Å². The molecule has 0 aliphatic heterocycles. The maximum Gasteiger partial charge on any atom is 0.416 e. The van der Waals surface area contributed by atoms with Gasteiger partial charge in [-0.25, -0.2) is 0 Å². The molecule has 3 N–H and O–H groups in total. The Morgan fingerprint density at radius 1 is 1.08 bits per heavy atom. The molecule has 0 aromatic heterocycles. The fourth-order valence-electron chi connectivity index (χ4n) is 2.07. The molecule has 2 amide bonds. The third-order valence-corrected chi connectivity index (χ3v) is 3.72. The predicted octanol–water partition coefficient (Wildman–Crippen LogP) is 3.77. The molecular formula is C17H15ClF3N3O2. The van der Waals surface area contributed by atoms with E-state index in [9.17, 15) is 22.8 Å². The molecular weight excluding hydrogens is 371 g/mol. The van der Waals surface area contributed by atoms with Gasteiger partial charge in [-0.05, 0) is 42.5 Å². The Morgan fingerprint density at radius 3 is 2.31 bits per heavy atom. The second-order valence-electron chi connectivity index (χ2n) is 5.25. The van der Waals surface area contributed by atoms with Crippen LogP contribution in [0.4, 0.5) is 24.5 Å². The van der Waals surface area contributed by atoms with Gasteiger partial charge < -0.3 is 16.0 Å². The van der Waals surface area contributed by atoms with Crippen molar-refractivity contribution in [2.24, 2.45) is 0 Å². The Morgan fingerprint density at radius 2 is 1.73 bits per heavy atom. The molecule has 0 saturated carbocycles. The number of nitrogens with one attached hydrogen (secondary N) is 3. The topological polar surface area (TPSA) is 70.2 Å². The van der Waals surface area contributed by atoms with Gasteiger partial charge in [0.2, 0.25) is 5.91 Å². The van der Waals surface area contributed by atoms with Gasteiger partial charge in [0.15, 0.2) is 0 Å². The van der Waals surface area contributed by atoms with Crippen molar-refractivity contribution in [2.45, 2.75) is 6.18 Å². The second-order valence-corrected chi connectivity index (χ2v) is 5.66. The molecule has 2 rings (SSSR count). The summed E-state index contributed by atoms with van der Waals surface area (Å²) in [6.45, 7) is -0.183. The summed E-state index contributed by atoms with van der Waals surface area (Å²) in [4.78, 5) is 23.5. The van der Waals surface area contributed by atoms with E-state index in [1.807, 2.05) is 0 Å². The minimum Gasteiger partial charge on any atom is -0.375 e. The summed E-state index contributed by atoms with van der Waals surface area (Å²) in [5, 5.41) is 8.04. The van der Waals surface area contributed by atoms with Crippen LogP contribution in [-0.2, 0) is 11.0 Å². The molecule has 0 atom stereocenters. The molecule has 0 fully saturated rings. The van der Waals surface area contributed by atoms with Crippen LogP contribution in [0.25, 0.3) is 0 Å². The first-order valence-corrected chi connectivity index (χ1v) is 7.81. The normalized spacial score (nSPS) is 11.0.